The van der Waals surface area contributed by atoms with E-state index in [1.165, 1.54) is 0 Å². The zero-order valence-electron chi connectivity index (χ0n) is 23.4. The molecule has 0 saturated carbocycles. The Morgan fingerprint density at radius 3 is 2.35 bits per heavy atom. The Balaban J connectivity index is 0.00000131. The monoisotopic (exact) mass is 560 g/mol. The van der Waals surface area contributed by atoms with Gasteiger partial charge < -0.3 is 36.9 Å². The van der Waals surface area contributed by atoms with E-state index < -0.39 is 17.7 Å². The van der Waals surface area contributed by atoms with Gasteiger partial charge in [0.15, 0.2) is 0 Å². The smallest absolute Gasteiger partial charge is 0.237 e. The van der Waals surface area contributed by atoms with E-state index >= 15 is 0 Å². The number of rotatable bonds is 12. The molecular weight excluding hydrogens is 518 g/mol. The van der Waals surface area contributed by atoms with Gasteiger partial charge in [-0.15, -0.1) is 0 Å². The van der Waals surface area contributed by atoms with Crippen LogP contribution in [0.2, 0.25) is 0 Å². The fraction of sp³-hybridized carbons (Fsp3) is 0.448. The van der Waals surface area contributed by atoms with Crippen LogP contribution in [0.5, 0.6) is 0 Å². The van der Waals surface area contributed by atoms with Crippen LogP contribution in [0, 0.1) is 17.0 Å². The quantitative estimate of drug-likeness (QED) is 0.199. The average Bonchev–Trinajstić information content (AvgIpc) is 3.33. The second kappa shape index (κ2) is 16.1. The van der Waals surface area contributed by atoms with Crippen LogP contribution in [0.4, 0.5) is 8.78 Å². The van der Waals surface area contributed by atoms with Gasteiger partial charge in [0.2, 0.25) is 5.91 Å². The highest BCUT2D eigenvalue weighted by Gasteiger charge is 2.31. The van der Waals surface area contributed by atoms with Crippen molar-refractivity contribution in [1.82, 2.24) is 20.2 Å². The van der Waals surface area contributed by atoms with Gasteiger partial charge in [-0.1, -0.05) is 51.1 Å². The molecule has 3 rings (SSSR count). The predicted molar refractivity (Wildman–Crippen MR) is 152 cm³/mol. The number of halogens is 2. The molecule has 220 valence electrons. The van der Waals surface area contributed by atoms with Crippen LogP contribution in [-0.4, -0.2) is 64.6 Å². The Hall–Kier alpha value is -3.22. The first kappa shape index (κ1) is 33.0. The fourth-order valence-corrected chi connectivity index (χ4v) is 4.02. The van der Waals surface area contributed by atoms with Crippen molar-refractivity contribution in [3.05, 3.63) is 77.8 Å². The standard InChI is InChI=1S/C27H36F2N6O.C2H6O2/c1-27(2,3)24(32-13-11-22(31)26(36)33-14-12-30)25-34-23(20-15-19(28)9-10-21(20)29)17-35(25)16-18-7-5-4-6-8-18;3-1-2-4/h4-10,15,17,22,24,32H,11-14,16,30-31H2,1-3H3,(H,33,36);3-4H,1-2H2/t22-,24-;/m0./s1. The number of aliphatic hydroxyl groups is 2. The zero-order chi connectivity index (χ0) is 29.7. The van der Waals surface area contributed by atoms with Crippen molar-refractivity contribution in [3.8, 4) is 11.3 Å². The van der Waals surface area contributed by atoms with Crippen molar-refractivity contribution in [2.75, 3.05) is 32.8 Å². The second-order valence-corrected chi connectivity index (χ2v) is 10.4. The molecule has 0 unspecified atom stereocenters. The first-order valence-corrected chi connectivity index (χ1v) is 13.3. The van der Waals surface area contributed by atoms with Gasteiger partial charge in [-0.05, 0) is 42.1 Å². The second-order valence-electron chi connectivity index (χ2n) is 10.4. The molecule has 0 aliphatic heterocycles. The summed E-state index contributed by atoms with van der Waals surface area (Å²) in [6.45, 7) is 7.66. The van der Waals surface area contributed by atoms with Crippen LogP contribution in [0.1, 0.15) is 44.6 Å². The third kappa shape index (κ3) is 10.1. The molecule has 2 atom stereocenters. The number of hydrogen-bond donors (Lipinski definition) is 6. The summed E-state index contributed by atoms with van der Waals surface area (Å²) < 4.78 is 30.5. The maximum absolute atomic E-state index is 14.6. The number of nitrogens with two attached hydrogens (primary N) is 2. The van der Waals surface area contributed by atoms with Gasteiger partial charge in [0, 0.05) is 31.4 Å². The molecule has 8 N–H and O–H groups in total. The van der Waals surface area contributed by atoms with E-state index in [1.807, 2.05) is 34.9 Å². The highest BCUT2D eigenvalue weighted by Crippen LogP contribution is 2.35. The van der Waals surface area contributed by atoms with Crippen molar-refractivity contribution in [2.45, 2.75) is 45.8 Å². The Morgan fingerprint density at radius 2 is 1.75 bits per heavy atom. The Labute approximate surface area is 234 Å². The number of benzene rings is 2. The highest BCUT2D eigenvalue weighted by molar-refractivity contribution is 5.81. The molecule has 1 aromatic heterocycles. The fourth-order valence-electron chi connectivity index (χ4n) is 4.02. The van der Waals surface area contributed by atoms with Gasteiger partial charge in [-0.3, -0.25) is 4.79 Å². The van der Waals surface area contributed by atoms with Gasteiger partial charge in [0.1, 0.15) is 17.5 Å². The third-order valence-corrected chi connectivity index (χ3v) is 6.02. The van der Waals surface area contributed by atoms with Crippen LogP contribution in [0.25, 0.3) is 11.3 Å². The molecule has 0 spiro atoms. The normalized spacial score (nSPS) is 12.8. The van der Waals surface area contributed by atoms with Crippen molar-refractivity contribution < 1.29 is 23.8 Å². The van der Waals surface area contributed by atoms with Crippen LogP contribution in [0.3, 0.4) is 0 Å². The van der Waals surface area contributed by atoms with E-state index in [0.29, 0.717) is 44.1 Å². The molecule has 3 aromatic rings. The molecule has 40 heavy (non-hydrogen) atoms. The number of amides is 1. The van der Waals surface area contributed by atoms with Gasteiger partial charge in [-0.25, -0.2) is 13.8 Å². The molecule has 0 fully saturated rings. The number of hydrogen-bond acceptors (Lipinski definition) is 7. The molecule has 9 nitrogen and oxygen atoms in total. The van der Waals surface area contributed by atoms with Crippen LogP contribution in [-0.2, 0) is 11.3 Å². The first-order chi connectivity index (χ1) is 19.0. The van der Waals surface area contributed by atoms with Crippen LogP contribution in [0.15, 0.2) is 54.7 Å². The number of imidazole rings is 1. The summed E-state index contributed by atoms with van der Waals surface area (Å²) >= 11 is 0. The Bertz CT molecular complexity index is 1180. The molecule has 11 heteroatoms. The minimum Gasteiger partial charge on any atom is -0.394 e. The summed E-state index contributed by atoms with van der Waals surface area (Å²) in [5.74, 6) is -0.629. The number of carbonyl (C=O) groups excluding carboxylic acids is 1. The summed E-state index contributed by atoms with van der Waals surface area (Å²) in [7, 11) is 0. The number of nitrogens with one attached hydrogen (secondary N) is 2. The summed E-state index contributed by atoms with van der Waals surface area (Å²) in [6.07, 6.45) is 2.17. The third-order valence-electron chi connectivity index (χ3n) is 6.02. The summed E-state index contributed by atoms with van der Waals surface area (Å²) in [5, 5.41) is 21.4. The van der Waals surface area contributed by atoms with E-state index in [9.17, 15) is 13.6 Å². The molecule has 0 aliphatic carbocycles. The van der Waals surface area contributed by atoms with Crippen molar-refractivity contribution in [3.63, 3.8) is 0 Å². The summed E-state index contributed by atoms with van der Waals surface area (Å²) in [6, 6.07) is 12.3. The lowest BCUT2D eigenvalue weighted by molar-refractivity contribution is -0.122. The van der Waals surface area contributed by atoms with Crippen molar-refractivity contribution in [1.29, 1.82) is 0 Å². The molecule has 0 radical (unpaired) electrons. The van der Waals surface area contributed by atoms with E-state index in [2.05, 4.69) is 31.4 Å². The number of aliphatic hydroxyl groups excluding tert-OH is 2. The topological polar surface area (TPSA) is 151 Å². The zero-order valence-corrected chi connectivity index (χ0v) is 23.4. The number of carbonyl (C=O) groups is 1. The van der Waals surface area contributed by atoms with Gasteiger partial charge in [-0.2, -0.15) is 0 Å². The molecular formula is C29H42F2N6O3. The Morgan fingerprint density at radius 1 is 1.07 bits per heavy atom. The molecule has 2 aromatic carbocycles. The first-order valence-electron chi connectivity index (χ1n) is 13.3. The number of aromatic nitrogens is 2. The highest BCUT2D eigenvalue weighted by atomic mass is 19.1. The average molecular weight is 561 g/mol. The maximum atomic E-state index is 14.6. The lowest BCUT2D eigenvalue weighted by Crippen LogP contribution is -2.44. The van der Waals surface area contributed by atoms with Gasteiger partial charge >= 0.3 is 0 Å². The lowest BCUT2D eigenvalue weighted by Gasteiger charge is -2.32. The SMILES string of the molecule is CC(C)(C)[C@@H](NCC[C@H](N)C(=O)NCCN)c1nc(-c2cc(F)ccc2F)cn1Cc1ccccc1.OCCO. The van der Waals surface area contributed by atoms with E-state index in [1.54, 1.807) is 6.20 Å². The van der Waals surface area contributed by atoms with Crippen LogP contribution >= 0.6 is 0 Å². The minimum absolute atomic E-state index is 0.106. The van der Waals surface area contributed by atoms with E-state index in [0.717, 1.165) is 23.8 Å². The van der Waals surface area contributed by atoms with Crippen molar-refractivity contribution in [2.24, 2.45) is 16.9 Å². The van der Waals surface area contributed by atoms with E-state index in [4.69, 9.17) is 26.7 Å². The molecule has 0 aliphatic rings. The molecule has 1 amide bonds. The minimum atomic E-state index is -0.675. The van der Waals surface area contributed by atoms with Crippen LogP contribution < -0.4 is 22.1 Å². The van der Waals surface area contributed by atoms with Gasteiger partial charge in [0.05, 0.1) is 31.0 Å². The molecule has 1 heterocycles. The van der Waals surface area contributed by atoms with E-state index in [-0.39, 0.29) is 36.1 Å². The largest absolute Gasteiger partial charge is 0.394 e. The van der Waals surface area contributed by atoms with Gasteiger partial charge in [0.25, 0.3) is 0 Å². The molecule has 0 saturated heterocycles. The number of nitrogens with zero attached hydrogens (tertiary/aromatic N) is 2. The Kier molecular flexibility index (Phi) is 13.3. The summed E-state index contributed by atoms with van der Waals surface area (Å²) in [5.41, 5.74) is 12.7. The molecule has 0 bridgehead atoms. The predicted octanol–water partition coefficient (Wildman–Crippen LogP) is 2.32. The lowest BCUT2D eigenvalue weighted by atomic mass is 9.86. The summed E-state index contributed by atoms with van der Waals surface area (Å²) in [4.78, 5) is 16.9. The maximum Gasteiger partial charge on any atom is 0.237 e. The van der Waals surface area contributed by atoms with Crippen molar-refractivity contribution >= 4 is 5.91 Å².